The summed E-state index contributed by atoms with van der Waals surface area (Å²) < 4.78 is 7.48. The number of aryl methyl sites for hydroxylation is 1. The monoisotopic (exact) mass is 376 g/mol. The largest absolute Gasteiger partial charge is 0.356 e. The van der Waals surface area contributed by atoms with E-state index in [0.29, 0.717) is 23.7 Å². The van der Waals surface area contributed by atoms with Crippen LogP contribution in [0.15, 0.2) is 36.7 Å². The van der Waals surface area contributed by atoms with Crippen LogP contribution in [0.3, 0.4) is 0 Å². The first-order chi connectivity index (χ1) is 12.5. The fraction of sp³-hybridized carbons (Fsp3) is 0.389. The van der Waals surface area contributed by atoms with Crippen LogP contribution in [0, 0.1) is 0 Å². The van der Waals surface area contributed by atoms with E-state index in [-0.39, 0.29) is 18.4 Å². The highest BCUT2D eigenvalue weighted by molar-refractivity contribution is 6.31. The van der Waals surface area contributed by atoms with Crippen LogP contribution in [0.4, 0.5) is 0 Å². The van der Waals surface area contributed by atoms with Crippen molar-refractivity contribution >= 4 is 23.4 Å². The Hall–Kier alpha value is -2.38. The third-order valence-electron chi connectivity index (χ3n) is 4.44. The molecule has 0 saturated carbocycles. The van der Waals surface area contributed by atoms with Crippen molar-refractivity contribution in [3.8, 4) is 0 Å². The maximum Gasteiger partial charge on any atom is 0.254 e. The number of nitrogens with zero attached hydrogens (tertiary/aromatic N) is 3. The fourth-order valence-electron chi connectivity index (χ4n) is 2.98. The predicted octanol–water partition coefficient (Wildman–Crippen LogP) is 1.68. The molecule has 1 aromatic heterocycles. The molecule has 1 saturated heterocycles. The summed E-state index contributed by atoms with van der Waals surface area (Å²) in [6.45, 7) is 2.60. The van der Waals surface area contributed by atoms with E-state index in [1.807, 2.05) is 30.8 Å². The van der Waals surface area contributed by atoms with Crippen molar-refractivity contribution in [2.45, 2.75) is 25.6 Å². The SMILES string of the molecule is CCN(Cc1nccn1C)C(=O)[C@H]1OCC(=O)N[C@@H]1c1ccccc1Cl. The first-order valence-electron chi connectivity index (χ1n) is 8.41. The third-order valence-corrected chi connectivity index (χ3v) is 4.79. The molecule has 2 heterocycles. The summed E-state index contributed by atoms with van der Waals surface area (Å²) >= 11 is 6.28. The van der Waals surface area contributed by atoms with E-state index in [1.54, 1.807) is 29.3 Å². The Balaban J connectivity index is 1.86. The van der Waals surface area contributed by atoms with Crippen molar-refractivity contribution in [2.75, 3.05) is 13.2 Å². The number of hydrogen-bond donors (Lipinski definition) is 1. The van der Waals surface area contributed by atoms with Gasteiger partial charge < -0.3 is 19.5 Å². The second-order valence-electron chi connectivity index (χ2n) is 6.11. The Morgan fingerprint density at radius 3 is 2.88 bits per heavy atom. The average molecular weight is 377 g/mol. The summed E-state index contributed by atoms with van der Waals surface area (Å²) in [5.74, 6) is 0.292. The van der Waals surface area contributed by atoms with Gasteiger partial charge in [0.05, 0.1) is 12.6 Å². The van der Waals surface area contributed by atoms with Gasteiger partial charge in [-0.2, -0.15) is 0 Å². The molecule has 2 amide bonds. The lowest BCUT2D eigenvalue weighted by molar-refractivity contribution is -0.155. The maximum atomic E-state index is 13.1. The molecule has 0 unspecified atom stereocenters. The van der Waals surface area contributed by atoms with Gasteiger partial charge in [0.1, 0.15) is 12.4 Å². The lowest BCUT2D eigenvalue weighted by Crippen LogP contribution is -2.53. The summed E-state index contributed by atoms with van der Waals surface area (Å²) in [5, 5.41) is 3.32. The number of imidazole rings is 1. The number of halogens is 1. The minimum absolute atomic E-state index is 0.155. The van der Waals surface area contributed by atoms with Crippen molar-refractivity contribution in [2.24, 2.45) is 7.05 Å². The Morgan fingerprint density at radius 1 is 1.46 bits per heavy atom. The van der Waals surface area contributed by atoms with Gasteiger partial charge >= 0.3 is 0 Å². The Kier molecular flexibility index (Phi) is 5.58. The normalized spacial score (nSPS) is 19.9. The van der Waals surface area contributed by atoms with Crippen molar-refractivity contribution < 1.29 is 14.3 Å². The van der Waals surface area contributed by atoms with Crippen LogP contribution in [0.1, 0.15) is 24.4 Å². The molecular weight excluding hydrogens is 356 g/mol. The van der Waals surface area contributed by atoms with Gasteiger partial charge in [0, 0.05) is 31.0 Å². The number of morpholine rings is 1. The summed E-state index contributed by atoms with van der Waals surface area (Å²) in [6, 6.07) is 6.50. The van der Waals surface area contributed by atoms with Crippen LogP contribution in [-0.4, -0.2) is 45.5 Å². The molecule has 2 aromatic rings. The van der Waals surface area contributed by atoms with Gasteiger partial charge in [-0.3, -0.25) is 9.59 Å². The highest BCUT2D eigenvalue weighted by Crippen LogP contribution is 2.29. The molecule has 0 aliphatic carbocycles. The van der Waals surface area contributed by atoms with Crippen LogP contribution in [0.5, 0.6) is 0 Å². The van der Waals surface area contributed by atoms with Gasteiger partial charge in [0.2, 0.25) is 5.91 Å². The Labute approximate surface area is 156 Å². The van der Waals surface area contributed by atoms with E-state index in [9.17, 15) is 9.59 Å². The number of hydrogen-bond acceptors (Lipinski definition) is 4. The zero-order chi connectivity index (χ0) is 18.7. The third kappa shape index (κ3) is 3.73. The molecule has 26 heavy (non-hydrogen) atoms. The second-order valence-corrected chi connectivity index (χ2v) is 6.51. The molecule has 3 rings (SSSR count). The molecule has 1 N–H and O–H groups in total. The van der Waals surface area contributed by atoms with E-state index < -0.39 is 12.1 Å². The molecule has 8 heteroatoms. The van der Waals surface area contributed by atoms with E-state index in [4.69, 9.17) is 16.3 Å². The van der Waals surface area contributed by atoms with E-state index in [2.05, 4.69) is 10.3 Å². The van der Waals surface area contributed by atoms with Gasteiger partial charge in [-0.05, 0) is 18.6 Å². The van der Waals surface area contributed by atoms with E-state index >= 15 is 0 Å². The van der Waals surface area contributed by atoms with Gasteiger partial charge in [0.25, 0.3) is 5.91 Å². The van der Waals surface area contributed by atoms with Crippen molar-refractivity contribution in [1.29, 1.82) is 0 Å². The van der Waals surface area contributed by atoms with Crippen molar-refractivity contribution in [3.05, 3.63) is 53.1 Å². The molecule has 1 aromatic carbocycles. The lowest BCUT2D eigenvalue weighted by Gasteiger charge is -2.35. The minimum atomic E-state index is -0.840. The number of rotatable bonds is 5. The Bertz CT molecular complexity index is 807. The molecule has 138 valence electrons. The number of benzene rings is 1. The molecule has 0 bridgehead atoms. The molecule has 2 atom stereocenters. The number of ether oxygens (including phenoxy) is 1. The summed E-state index contributed by atoms with van der Waals surface area (Å²) in [7, 11) is 1.88. The molecule has 0 radical (unpaired) electrons. The fourth-order valence-corrected chi connectivity index (χ4v) is 3.23. The number of nitrogens with one attached hydrogen (secondary N) is 1. The van der Waals surface area contributed by atoms with Gasteiger partial charge in [-0.25, -0.2) is 4.98 Å². The van der Waals surface area contributed by atoms with Crippen LogP contribution in [0.25, 0.3) is 0 Å². The number of likely N-dealkylation sites (N-methyl/N-ethyl adjacent to an activating group) is 1. The highest BCUT2D eigenvalue weighted by atomic mass is 35.5. The maximum absolute atomic E-state index is 13.1. The minimum Gasteiger partial charge on any atom is -0.356 e. The standard InChI is InChI=1S/C18H21ClN4O3/c1-3-23(10-14-20-8-9-22(14)2)18(25)17-16(21-15(24)11-26-17)12-6-4-5-7-13(12)19/h4-9,16-17H,3,10-11H2,1-2H3,(H,21,24)/t16-,17+/m1/s1. The molecule has 1 aliphatic rings. The number of carbonyl (C=O) groups is 2. The van der Waals surface area contributed by atoms with Crippen LogP contribution in [-0.2, 0) is 27.9 Å². The quantitative estimate of drug-likeness (QED) is 0.861. The number of amides is 2. The summed E-state index contributed by atoms with van der Waals surface area (Å²) in [4.78, 5) is 30.9. The lowest BCUT2D eigenvalue weighted by atomic mass is 9.98. The van der Waals surface area contributed by atoms with Crippen LogP contribution < -0.4 is 5.32 Å². The van der Waals surface area contributed by atoms with Gasteiger partial charge in [-0.15, -0.1) is 0 Å². The molecule has 1 fully saturated rings. The summed E-state index contributed by atoms with van der Waals surface area (Å²) in [6.07, 6.45) is 2.68. The Morgan fingerprint density at radius 2 is 2.23 bits per heavy atom. The second kappa shape index (κ2) is 7.88. The van der Waals surface area contributed by atoms with Crippen LogP contribution in [0.2, 0.25) is 5.02 Å². The topological polar surface area (TPSA) is 76.5 Å². The van der Waals surface area contributed by atoms with Crippen molar-refractivity contribution in [1.82, 2.24) is 19.8 Å². The number of aromatic nitrogens is 2. The molecule has 0 spiro atoms. The highest BCUT2D eigenvalue weighted by Gasteiger charge is 2.39. The number of carbonyl (C=O) groups excluding carboxylic acids is 2. The van der Waals surface area contributed by atoms with Gasteiger partial charge in [-0.1, -0.05) is 29.8 Å². The smallest absolute Gasteiger partial charge is 0.254 e. The van der Waals surface area contributed by atoms with Crippen LogP contribution >= 0.6 is 11.6 Å². The molecule has 7 nitrogen and oxygen atoms in total. The van der Waals surface area contributed by atoms with Crippen molar-refractivity contribution in [3.63, 3.8) is 0 Å². The predicted molar refractivity (Wildman–Crippen MR) is 96.4 cm³/mol. The first-order valence-corrected chi connectivity index (χ1v) is 8.79. The average Bonchev–Trinajstić information content (AvgIpc) is 3.04. The van der Waals surface area contributed by atoms with E-state index in [0.717, 1.165) is 5.82 Å². The first kappa shape index (κ1) is 18.4. The van der Waals surface area contributed by atoms with Gasteiger partial charge in [0.15, 0.2) is 6.10 Å². The molecule has 1 aliphatic heterocycles. The van der Waals surface area contributed by atoms with E-state index in [1.165, 1.54) is 0 Å². The summed E-state index contributed by atoms with van der Waals surface area (Å²) in [5.41, 5.74) is 0.661. The molecular formula is C18H21ClN4O3. The zero-order valence-electron chi connectivity index (χ0n) is 14.7. The zero-order valence-corrected chi connectivity index (χ0v) is 15.4.